The summed E-state index contributed by atoms with van der Waals surface area (Å²) < 4.78 is 0. The Balaban J connectivity index is 1.08. The zero-order valence-electron chi connectivity index (χ0n) is 22.8. The highest BCUT2D eigenvalue weighted by Gasteiger charge is 2.14. The third-order valence-electron chi connectivity index (χ3n) is 6.70. The van der Waals surface area contributed by atoms with E-state index in [0.717, 1.165) is 63.2 Å². The lowest BCUT2D eigenvalue weighted by Crippen LogP contribution is -2.15. The number of hydrogen-bond donors (Lipinski definition) is 0. The van der Waals surface area contributed by atoms with Crippen LogP contribution in [0.15, 0.2) is 115 Å². The Morgan fingerprint density at radius 3 is 2.02 bits per heavy atom. The normalized spacial score (nSPS) is 13.9. The van der Waals surface area contributed by atoms with Gasteiger partial charge in [-0.3, -0.25) is 0 Å². The first-order valence-electron chi connectivity index (χ1n) is 13.4. The molecule has 3 heterocycles. The molecule has 0 saturated carbocycles. The summed E-state index contributed by atoms with van der Waals surface area (Å²) in [5.74, 6) is 0. The average Bonchev–Trinajstić information content (AvgIpc) is 3.78. The smallest absolute Gasteiger partial charge is 0.230 e. The molecule has 3 aromatic carbocycles. The van der Waals surface area contributed by atoms with Gasteiger partial charge in [0.2, 0.25) is 5.13 Å². The summed E-state index contributed by atoms with van der Waals surface area (Å²) in [5, 5.41) is 31.3. The molecule has 0 radical (unpaired) electrons. The number of anilines is 1. The molecule has 1 aliphatic rings. The molecule has 1 aliphatic heterocycles. The van der Waals surface area contributed by atoms with Crippen molar-refractivity contribution in [2.24, 2.45) is 30.7 Å². The van der Waals surface area contributed by atoms with Gasteiger partial charge < -0.3 is 4.90 Å². The first kappa shape index (κ1) is 26.8. The minimum Gasteiger partial charge on any atom is -0.363 e. The number of aryl methyl sites for hydroxylation is 2. The number of nitrogens with zero attached hydrogens (tertiary/aromatic N) is 8. The number of azo groups is 3. The van der Waals surface area contributed by atoms with Gasteiger partial charge in [-0.1, -0.05) is 41.7 Å². The maximum Gasteiger partial charge on any atom is 0.230 e. The van der Waals surface area contributed by atoms with E-state index in [-0.39, 0.29) is 0 Å². The van der Waals surface area contributed by atoms with Gasteiger partial charge in [-0.05, 0) is 86.3 Å². The molecule has 0 spiro atoms. The topological polar surface area (TPSA) is 90.3 Å². The molecule has 10 heteroatoms. The zero-order valence-corrected chi connectivity index (χ0v) is 24.4. The third kappa shape index (κ3) is 6.67. The van der Waals surface area contributed by atoms with Crippen molar-refractivity contribution >= 4 is 60.6 Å². The molecule has 8 nitrogen and oxygen atoms in total. The molecule has 0 amide bonds. The van der Waals surface area contributed by atoms with Crippen LogP contribution in [0.3, 0.4) is 0 Å². The van der Waals surface area contributed by atoms with E-state index >= 15 is 0 Å². The Kier molecular flexibility index (Phi) is 8.11. The first-order valence-corrected chi connectivity index (χ1v) is 15.1. The molecule has 0 aliphatic carbocycles. The van der Waals surface area contributed by atoms with E-state index in [4.69, 9.17) is 0 Å². The summed E-state index contributed by atoms with van der Waals surface area (Å²) in [4.78, 5) is 6.99. The van der Waals surface area contributed by atoms with E-state index in [9.17, 15) is 0 Å². The van der Waals surface area contributed by atoms with E-state index in [1.807, 2.05) is 92.0 Å². The molecule has 1 saturated heterocycles. The monoisotopic (exact) mass is 576 g/mol. The molecule has 41 heavy (non-hydrogen) atoms. The highest BCUT2D eigenvalue weighted by atomic mass is 32.1. The molecule has 5 aromatic rings. The summed E-state index contributed by atoms with van der Waals surface area (Å²) in [6, 6.07) is 25.8. The summed E-state index contributed by atoms with van der Waals surface area (Å²) in [6.07, 6.45) is 2.53. The van der Waals surface area contributed by atoms with Gasteiger partial charge in [0.15, 0.2) is 0 Å². The predicted octanol–water partition coefficient (Wildman–Crippen LogP) is 11.3. The van der Waals surface area contributed by atoms with Crippen LogP contribution >= 0.6 is 22.7 Å². The number of thiazole rings is 1. The molecular weight excluding hydrogens is 549 g/mol. The van der Waals surface area contributed by atoms with Crippen molar-refractivity contribution in [1.29, 1.82) is 0 Å². The van der Waals surface area contributed by atoms with Gasteiger partial charge in [0, 0.05) is 24.0 Å². The van der Waals surface area contributed by atoms with Crippen molar-refractivity contribution in [1.82, 2.24) is 4.98 Å². The van der Waals surface area contributed by atoms with E-state index in [1.165, 1.54) is 29.2 Å². The molecule has 0 unspecified atom stereocenters. The number of benzene rings is 3. The molecule has 0 N–H and O–H groups in total. The second-order valence-corrected chi connectivity index (χ2v) is 11.6. The Morgan fingerprint density at radius 2 is 1.34 bits per heavy atom. The number of aromatic nitrogens is 1. The summed E-state index contributed by atoms with van der Waals surface area (Å²) in [5.41, 5.74) is 7.00. The largest absolute Gasteiger partial charge is 0.363 e. The number of rotatable bonds is 8. The Hall–Kier alpha value is -4.41. The van der Waals surface area contributed by atoms with E-state index < -0.39 is 0 Å². The van der Waals surface area contributed by atoms with Crippen LogP contribution in [0.2, 0.25) is 0 Å². The van der Waals surface area contributed by atoms with Gasteiger partial charge in [-0.25, -0.2) is 4.98 Å². The maximum atomic E-state index is 4.57. The summed E-state index contributed by atoms with van der Waals surface area (Å²) in [6.45, 7) is 6.24. The van der Waals surface area contributed by atoms with Gasteiger partial charge in [0.25, 0.3) is 0 Å². The van der Waals surface area contributed by atoms with Gasteiger partial charge in [-0.2, -0.15) is 10.2 Å². The highest BCUT2D eigenvalue weighted by Crippen LogP contribution is 2.36. The Bertz CT molecular complexity index is 1730. The molecule has 0 bridgehead atoms. The molecule has 204 valence electrons. The summed E-state index contributed by atoms with van der Waals surface area (Å²) >= 11 is 3.15. The van der Waals surface area contributed by atoms with Crippen molar-refractivity contribution in [3.8, 4) is 11.3 Å². The Labute approximate surface area is 246 Å². The van der Waals surface area contributed by atoms with Gasteiger partial charge >= 0.3 is 0 Å². The lowest BCUT2D eigenvalue weighted by molar-refractivity contribution is 0.949. The number of hydrogen-bond acceptors (Lipinski definition) is 10. The molecule has 0 atom stereocenters. The zero-order chi connectivity index (χ0) is 28.0. The maximum absolute atomic E-state index is 4.57. The fourth-order valence-electron chi connectivity index (χ4n) is 4.47. The van der Waals surface area contributed by atoms with Crippen LogP contribution in [0.5, 0.6) is 0 Å². The van der Waals surface area contributed by atoms with E-state index in [2.05, 4.69) is 46.6 Å². The van der Waals surface area contributed by atoms with Crippen LogP contribution in [-0.2, 0) is 0 Å². The predicted molar refractivity (Wildman–Crippen MR) is 168 cm³/mol. The quantitative estimate of drug-likeness (QED) is 0.172. The Morgan fingerprint density at radius 1 is 0.683 bits per heavy atom. The third-order valence-corrected chi connectivity index (χ3v) is 8.45. The molecule has 6 rings (SSSR count). The van der Waals surface area contributed by atoms with E-state index in [1.54, 1.807) is 11.3 Å². The molecule has 1 fully saturated rings. The molecular formula is C31H28N8S2. The van der Waals surface area contributed by atoms with Crippen LogP contribution in [0, 0.1) is 13.8 Å². The van der Waals surface area contributed by atoms with Crippen LogP contribution in [0.4, 0.5) is 37.9 Å². The number of thiophene rings is 1. The minimum atomic E-state index is 0.618. The fraction of sp³-hybridized carbons (Fsp3) is 0.194. The first-order chi connectivity index (χ1) is 20.1. The van der Waals surface area contributed by atoms with Crippen LogP contribution in [-0.4, -0.2) is 18.1 Å². The lowest BCUT2D eigenvalue weighted by atomic mass is 10.2. The fourth-order valence-corrected chi connectivity index (χ4v) is 6.00. The van der Waals surface area contributed by atoms with Crippen LogP contribution in [0.1, 0.15) is 24.0 Å². The van der Waals surface area contributed by atoms with E-state index in [0.29, 0.717) is 5.13 Å². The van der Waals surface area contributed by atoms with Crippen LogP contribution in [0.25, 0.3) is 11.3 Å². The summed E-state index contributed by atoms with van der Waals surface area (Å²) in [7, 11) is 0. The van der Waals surface area contributed by atoms with Gasteiger partial charge in [0.1, 0.15) is 5.00 Å². The van der Waals surface area contributed by atoms with Crippen molar-refractivity contribution in [3.63, 3.8) is 0 Å². The highest BCUT2D eigenvalue weighted by molar-refractivity contribution is 7.19. The standard InChI is InChI=1S/C31H28N8S2/c1-21-19-25(34-37-29-14-15-30(41-29)39-16-6-7-17-39)11-12-26(21)35-33-24-10-13-27(22(2)18-24)36-38-31-32-28(20-40-31)23-8-4-3-5-9-23/h3-5,8-15,18-20H,6-7,16-17H2,1-2H3. The average molecular weight is 577 g/mol. The van der Waals surface area contributed by atoms with Crippen molar-refractivity contribution in [2.75, 3.05) is 18.0 Å². The second-order valence-electron chi connectivity index (χ2n) is 9.73. The van der Waals surface area contributed by atoms with Crippen LogP contribution < -0.4 is 4.90 Å². The van der Waals surface area contributed by atoms with Crippen molar-refractivity contribution < 1.29 is 0 Å². The van der Waals surface area contributed by atoms with Gasteiger partial charge in [0.05, 0.1) is 33.4 Å². The minimum absolute atomic E-state index is 0.618. The molecule has 2 aromatic heterocycles. The van der Waals surface area contributed by atoms with Crippen molar-refractivity contribution in [2.45, 2.75) is 26.7 Å². The lowest BCUT2D eigenvalue weighted by Gasteiger charge is -2.13. The SMILES string of the molecule is Cc1cc(N=Nc2ccc(N3CCCC3)s2)ccc1N=Nc1ccc(N=Nc2nc(-c3ccccc3)cs2)c(C)c1. The van der Waals surface area contributed by atoms with Crippen molar-refractivity contribution in [3.05, 3.63) is 95.4 Å². The van der Waals surface area contributed by atoms with Gasteiger partial charge in [-0.15, -0.1) is 31.8 Å². The second kappa shape index (κ2) is 12.4.